The molecule has 26 heavy (non-hydrogen) atoms. The van der Waals surface area contributed by atoms with Crippen molar-refractivity contribution in [2.24, 2.45) is 0 Å². The number of carbonyl (C=O) groups is 1. The molecule has 0 bridgehead atoms. The van der Waals surface area contributed by atoms with Gasteiger partial charge < -0.3 is 10.1 Å². The zero-order valence-corrected chi connectivity index (χ0v) is 16.1. The van der Waals surface area contributed by atoms with Gasteiger partial charge in [0.2, 0.25) is 0 Å². The maximum atomic E-state index is 12.8. The Kier molecular flexibility index (Phi) is 4.68. The number of benzene rings is 1. The third-order valence-electron chi connectivity index (χ3n) is 4.46. The molecule has 0 unspecified atom stereocenters. The predicted molar refractivity (Wildman–Crippen MR) is 104 cm³/mol. The van der Waals surface area contributed by atoms with E-state index in [0.717, 1.165) is 40.0 Å². The molecular formula is C20H20BrN3O2. The van der Waals surface area contributed by atoms with E-state index in [4.69, 9.17) is 9.72 Å². The molecule has 1 aliphatic carbocycles. The summed E-state index contributed by atoms with van der Waals surface area (Å²) in [6, 6.07) is 11.7. The molecule has 1 aliphatic rings. The normalized spacial score (nSPS) is 13.8. The van der Waals surface area contributed by atoms with E-state index in [0.29, 0.717) is 24.8 Å². The van der Waals surface area contributed by atoms with Crippen molar-refractivity contribution in [1.82, 2.24) is 14.7 Å². The second-order valence-corrected chi connectivity index (χ2v) is 7.53. The van der Waals surface area contributed by atoms with E-state index < -0.39 is 0 Å². The van der Waals surface area contributed by atoms with Crippen molar-refractivity contribution in [3.63, 3.8) is 0 Å². The minimum Gasteiger partial charge on any atom is -0.492 e. The first-order valence-corrected chi connectivity index (χ1v) is 9.56. The highest BCUT2D eigenvalue weighted by atomic mass is 79.9. The van der Waals surface area contributed by atoms with Gasteiger partial charge in [0.25, 0.3) is 5.91 Å². The van der Waals surface area contributed by atoms with Crippen molar-refractivity contribution in [1.29, 1.82) is 0 Å². The summed E-state index contributed by atoms with van der Waals surface area (Å²) < 4.78 is 8.57. The van der Waals surface area contributed by atoms with Crippen LogP contribution in [0.15, 0.2) is 47.1 Å². The largest absolute Gasteiger partial charge is 0.492 e. The second-order valence-electron chi connectivity index (χ2n) is 6.61. The minimum absolute atomic E-state index is 0.0948. The Bertz CT molecular complexity index is 946. The quantitative estimate of drug-likeness (QED) is 0.619. The van der Waals surface area contributed by atoms with Crippen LogP contribution in [0.3, 0.4) is 0 Å². The van der Waals surface area contributed by atoms with Gasteiger partial charge in [-0.15, -0.1) is 0 Å². The Morgan fingerprint density at radius 2 is 2.08 bits per heavy atom. The van der Waals surface area contributed by atoms with Crippen LogP contribution in [0, 0.1) is 6.92 Å². The van der Waals surface area contributed by atoms with Crippen molar-refractivity contribution in [3.05, 3.63) is 64.0 Å². The summed E-state index contributed by atoms with van der Waals surface area (Å²) in [5.41, 5.74) is 3.55. The minimum atomic E-state index is -0.0948. The summed E-state index contributed by atoms with van der Waals surface area (Å²) in [6.07, 6.45) is 4.14. The van der Waals surface area contributed by atoms with Gasteiger partial charge in [0.15, 0.2) is 0 Å². The zero-order chi connectivity index (χ0) is 18.1. The molecular weight excluding hydrogens is 394 g/mol. The van der Waals surface area contributed by atoms with Gasteiger partial charge in [0.1, 0.15) is 23.7 Å². The van der Waals surface area contributed by atoms with Gasteiger partial charge in [-0.25, -0.2) is 4.98 Å². The molecule has 1 fully saturated rings. The molecule has 1 N–H and O–H groups in total. The number of fused-ring (bicyclic) bond motifs is 1. The fraction of sp³-hybridized carbons (Fsp3) is 0.300. The molecule has 2 heterocycles. The van der Waals surface area contributed by atoms with E-state index >= 15 is 0 Å². The molecule has 0 aliphatic heterocycles. The second kappa shape index (κ2) is 7.11. The molecule has 5 nitrogen and oxygen atoms in total. The van der Waals surface area contributed by atoms with Gasteiger partial charge in [0, 0.05) is 16.6 Å². The van der Waals surface area contributed by atoms with Gasteiger partial charge in [-0.3, -0.25) is 9.20 Å². The monoisotopic (exact) mass is 413 g/mol. The first-order chi connectivity index (χ1) is 12.6. The van der Waals surface area contributed by atoms with Gasteiger partial charge in [-0.2, -0.15) is 0 Å². The lowest BCUT2D eigenvalue weighted by Crippen LogP contribution is -2.29. The Labute approximate surface area is 160 Å². The summed E-state index contributed by atoms with van der Waals surface area (Å²) in [5.74, 6) is 1.10. The van der Waals surface area contributed by atoms with E-state index in [2.05, 4.69) is 21.2 Å². The van der Waals surface area contributed by atoms with Gasteiger partial charge in [0.05, 0.1) is 12.2 Å². The number of aromatic nitrogens is 2. The molecule has 4 rings (SSSR count). The number of aryl methyl sites for hydroxylation is 1. The van der Waals surface area contributed by atoms with E-state index in [1.807, 2.05) is 53.9 Å². The summed E-state index contributed by atoms with van der Waals surface area (Å²) in [7, 11) is 0. The summed E-state index contributed by atoms with van der Waals surface area (Å²) in [4.78, 5) is 17.5. The van der Waals surface area contributed by atoms with Crippen LogP contribution in [0.1, 0.15) is 40.5 Å². The number of amides is 1. The maximum absolute atomic E-state index is 12.8. The summed E-state index contributed by atoms with van der Waals surface area (Å²) >= 11 is 3.40. The molecule has 6 heteroatoms. The molecule has 2 aromatic heterocycles. The summed E-state index contributed by atoms with van der Waals surface area (Å²) in [5, 5.41) is 2.96. The van der Waals surface area contributed by atoms with Crippen molar-refractivity contribution < 1.29 is 9.53 Å². The van der Waals surface area contributed by atoms with E-state index in [1.54, 1.807) is 0 Å². The molecule has 1 amide bonds. The van der Waals surface area contributed by atoms with Gasteiger partial charge >= 0.3 is 0 Å². The van der Waals surface area contributed by atoms with Crippen LogP contribution in [-0.2, 0) is 0 Å². The van der Waals surface area contributed by atoms with Crippen LogP contribution in [-0.4, -0.2) is 28.4 Å². The molecule has 0 spiro atoms. The van der Waals surface area contributed by atoms with Crippen molar-refractivity contribution >= 4 is 27.5 Å². The van der Waals surface area contributed by atoms with Crippen LogP contribution < -0.4 is 10.1 Å². The van der Waals surface area contributed by atoms with Crippen LogP contribution in [0.2, 0.25) is 0 Å². The number of pyridine rings is 1. The lowest BCUT2D eigenvalue weighted by atomic mass is 10.2. The first kappa shape index (κ1) is 17.1. The Balaban J connectivity index is 1.44. The average Bonchev–Trinajstić information content (AvgIpc) is 3.40. The molecule has 1 aromatic carbocycles. The van der Waals surface area contributed by atoms with Crippen molar-refractivity contribution in [2.75, 3.05) is 13.2 Å². The zero-order valence-electron chi connectivity index (χ0n) is 14.5. The van der Waals surface area contributed by atoms with E-state index in [1.165, 1.54) is 0 Å². The number of nitrogens with zero attached hydrogens (tertiary/aromatic N) is 2. The number of carbonyl (C=O) groups excluding carboxylic acids is 1. The van der Waals surface area contributed by atoms with Crippen LogP contribution in [0.4, 0.5) is 0 Å². The SMILES string of the molecule is Cc1ccn2c(C(=O)NCCOc3ccc(Br)cc3)c(C3CC3)nc2c1. The highest BCUT2D eigenvalue weighted by molar-refractivity contribution is 9.10. The van der Waals surface area contributed by atoms with E-state index in [9.17, 15) is 4.79 Å². The first-order valence-electron chi connectivity index (χ1n) is 8.77. The Morgan fingerprint density at radius 1 is 1.31 bits per heavy atom. The maximum Gasteiger partial charge on any atom is 0.270 e. The lowest BCUT2D eigenvalue weighted by Gasteiger charge is -2.09. The number of ether oxygens (including phenoxy) is 1. The third kappa shape index (κ3) is 3.60. The lowest BCUT2D eigenvalue weighted by molar-refractivity contribution is 0.0940. The number of nitrogens with one attached hydrogen (secondary N) is 1. The standard InChI is InChI=1S/C20H20BrN3O2/c1-13-8-10-24-17(12-13)23-18(14-2-3-14)19(24)20(25)22-9-11-26-16-6-4-15(21)5-7-16/h4-8,10,12,14H,2-3,9,11H2,1H3,(H,22,25). The molecule has 0 radical (unpaired) electrons. The predicted octanol–water partition coefficient (Wildman–Crippen LogP) is 4.09. The van der Waals surface area contributed by atoms with Crippen LogP contribution >= 0.6 is 15.9 Å². The molecule has 3 aromatic rings. The van der Waals surface area contributed by atoms with Crippen molar-refractivity contribution in [3.8, 4) is 5.75 Å². The van der Waals surface area contributed by atoms with E-state index in [-0.39, 0.29) is 5.91 Å². The number of halogens is 1. The third-order valence-corrected chi connectivity index (χ3v) is 4.99. The molecule has 0 atom stereocenters. The molecule has 0 saturated heterocycles. The number of hydrogen-bond donors (Lipinski definition) is 1. The number of rotatable bonds is 6. The number of hydrogen-bond acceptors (Lipinski definition) is 3. The molecule has 134 valence electrons. The number of imidazole rings is 1. The Morgan fingerprint density at radius 3 is 2.81 bits per heavy atom. The van der Waals surface area contributed by atoms with Gasteiger partial charge in [-0.05, 0) is 61.7 Å². The smallest absolute Gasteiger partial charge is 0.270 e. The Hall–Kier alpha value is -2.34. The fourth-order valence-electron chi connectivity index (χ4n) is 2.98. The highest BCUT2D eigenvalue weighted by Crippen LogP contribution is 2.41. The van der Waals surface area contributed by atoms with Crippen LogP contribution in [0.5, 0.6) is 5.75 Å². The fourth-order valence-corrected chi connectivity index (χ4v) is 3.24. The summed E-state index contributed by atoms with van der Waals surface area (Å²) in [6.45, 7) is 2.89. The van der Waals surface area contributed by atoms with Crippen LogP contribution in [0.25, 0.3) is 5.65 Å². The average molecular weight is 414 g/mol. The highest BCUT2D eigenvalue weighted by Gasteiger charge is 2.32. The topological polar surface area (TPSA) is 55.6 Å². The molecule has 1 saturated carbocycles. The van der Waals surface area contributed by atoms with Gasteiger partial charge in [-0.1, -0.05) is 15.9 Å². The van der Waals surface area contributed by atoms with Crippen molar-refractivity contribution in [2.45, 2.75) is 25.7 Å².